The Morgan fingerprint density at radius 2 is 1.91 bits per heavy atom. The molecule has 0 aliphatic rings. The van der Waals surface area contributed by atoms with Gasteiger partial charge in [-0.25, -0.2) is 0 Å². The molecule has 1 aromatic rings. The van der Waals surface area contributed by atoms with Crippen LogP contribution in [0.4, 0.5) is 0 Å². The summed E-state index contributed by atoms with van der Waals surface area (Å²) in [5.41, 5.74) is 0.615. The number of esters is 1. The summed E-state index contributed by atoms with van der Waals surface area (Å²) in [5.74, 6) is -0.372. The van der Waals surface area contributed by atoms with Gasteiger partial charge in [0.2, 0.25) is 0 Å². The number of carbonyl (C=O) groups excluding carboxylic acids is 2. The van der Waals surface area contributed by atoms with E-state index in [4.69, 9.17) is 0 Å². The zero-order valence-corrected chi connectivity index (χ0v) is 14.9. The van der Waals surface area contributed by atoms with Crippen molar-refractivity contribution in [1.82, 2.24) is 9.80 Å². The normalized spacial score (nSPS) is 10.6. The van der Waals surface area contributed by atoms with Gasteiger partial charge in [-0.2, -0.15) is 0 Å². The molecule has 0 unspecified atom stereocenters. The van der Waals surface area contributed by atoms with E-state index < -0.39 is 0 Å². The number of ether oxygens (including phenoxy) is 1. The Morgan fingerprint density at radius 3 is 2.50 bits per heavy atom. The largest absolute Gasteiger partial charge is 0.469 e. The van der Waals surface area contributed by atoms with Crippen LogP contribution in [0.5, 0.6) is 0 Å². The molecule has 0 spiro atoms. The summed E-state index contributed by atoms with van der Waals surface area (Å²) in [6.07, 6.45) is 1.06. The van der Waals surface area contributed by atoms with E-state index in [1.165, 1.54) is 7.11 Å². The standard InChI is InChI=1S/C16H23BrN2O3/c1-18(2)9-5-10-19(11-8-15(20)22-3)16(21)13-6-4-7-14(17)12-13/h4,6-7,12H,5,8-11H2,1-3H3. The monoisotopic (exact) mass is 370 g/mol. The maximum atomic E-state index is 12.6. The van der Waals surface area contributed by atoms with Gasteiger partial charge in [0.05, 0.1) is 13.5 Å². The lowest BCUT2D eigenvalue weighted by Gasteiger charge is -2.23. The number of methoxy groups -OCH3 is 1. The second-order valence-corrected chi connectivity index (χ2v) is 6.20. The number of amides is 1. The molecule has 0 saturated carbocycles. The van der Waals surface area contributed by atoms with E-state index in [9.17, 15) is 9.59 Å². The zero-order valence-electron chi connectivity index (χ0n) is 13.3. The summed E-state index contributed by atoms with van der Waals surface area (Å²) in [6.45, 7) is 1.87. The molecule has 0 aliphatic heterocycles. The highest BCUT2D eigenvalue weighted by Gasteiger charge is 2.17. The van der Waals surface area contributed by atoms with Gasteiger partial charge in [0.25, 0.3) is 5.91 Å². The van der Waals surface area contributed by atoms with Crippen molar-refractivity contribution in [2.75, 3.05) is 40.8 Å². The van der Waals surface area contributed by atoms with Crippen LogP contribution >= 0.6 is 15.9 Å². The quantitative estimate of drug-likeness (QED) is 0.659. The lowest BCUT2D eigenvalue weighted by Crippen LogP contribution is -2.35. The minimum absolute atomic E-state index is 0.0658. The lowest BCUT2D eigenvalue weighted by atomic mass is 10.2. The molecule has 0 bridgehead atoms. The fraction of sp³-hybridized carbons (Fsp3) is 0.500. The van der Waals surface area contributed by atoms with Crippen LogP contribution in [-0.2, 0) is 9.53 Å². The lowest BCUT2D eigenvalue weighted by molar-refractivity contribution is -0.140. The van der Waals surface area contributed by atoms with Gasteiger partial charge in [-0.05, 0) is 45.3 Å². The second-order valence-electron chi connectivity index (χ2n) is 5.29. The summed E-state index contributed by atoms with van der Waals surface area (Å²) in [7, 11) is 5.35. The molecule has 0 aromatic heterocycles. The maximum Gasteiger partial charge on any atom is 0.307 e. The topological polar surface area (TPSA) is 49.9 Å². The Morgan fingerprint density at radius 1 is 1.18 bits per heavy atom. The van der Waals surface area contributed by atoms with Gasteiger partial charge >= 0.3 is 5.97 Å². The van der Waals surface area contributed by atoms with Crippen molar-refractivity contribution in [2.24, 2.45) is 0 Å². The number of rotatable bonds is 8. The van der Waals surface area contributed by atoms with Crippen LogP contribution < -0.4 is 0 Å². The van der Waals surface area contributed by atoms with E-state index >= 15 is 0 Å². The van der Waals surface area contributed by atoms with Crippen molar-refractivity contribution in [3.8, 4) is 0 Å². The SMILES string of the molecule is COC(=O)CCN(CCCN(C)C)C(=O)c1cccc(Br)c1. The second kappa shape index (κ2) is 9.58. The first-order valence-electron chi connectivity index (χ1n) is 7.20. The van der Waals surface area contributed by atoms with Crippen molar-refractivity contribution in [3.63, 3.8) is 0 Å². The van der Waals surface area contributed by atoms with E-state index in [-0.39, 0.29) is 18.3 Å². The third-order valence-corrected chi connectivity index (χ3v) is 3.70. The first-order chi connectivity index (χ1) is 10.4. The van der Waals surface area contributed by atoms with E-state index in [1.807, 2.05) is 26.2 Å². The molecule has 1 amide bonds. The number of halogens is 1. The Bertz CT molecular complexity index is 506. The first kappa shape index (κ1) is 18.6. The van der Waals surface area contributed by atoms with E-state index in [0.717, 1.165) is 17.4 Å². The van der Waals surface area contributed by atoms with Crippen molar-refractivity contribution in [3.05, 3.63) is 34.3 Å². The number of hydrogen-bond acceptors (Lipinski definition) is 4. The fourth-order valence-corrected chi connectivity index (χ4v) is 2.42. The van der Waals surface area contributed by atoms with Gasteiger partial charge in [0.15, 0.2) is 0 Å². The third kappa shape index (κ3) is 6.58. The van der Waals surface area contributed by atoms with Gasteiger partial charge in [0, 0.05) is 23.1 Å². The molecule has 6 heteroatoms. The smallest absolute Gasteiger partial charge is 0.307 e. The molecule has 0 fully saturated rings. The minimum atomic E-state index is -0.306. The molecule has 1 aromatic carbocycles. The van der Waals surface area contributed by atoms with E-state index in [1.54, 1.807) is 17.0 Å². The molecule has 1 rings (SSSR count). The van der Waals surface area contributed by atoms with E-state index in [0.29, 0.717) is 18.7 Å². The Labute approximate surface area is 140 Å². The highest BCUT2D eigenvalue weighted by atomic mass is 79.9. The number of hydrogen-bond donors (Lipinski definition) is 0. The zero-order chi connectivity index (χ0) is 16.5. The van der Waals surface area contributed by atoms with Crippen molar-refractivity contribution in [2.45, 2.75) is 12.8 Å². The Kier molecular flexibility index (Phi) is 8.12. The van der Waals surface area contributed by atoms with Gasteiger partial charge < -0.3 is 14.5 Å². The van der Waals surface area contributed by atoms with Crippen LogP contribution in [0.15, 0.2) is 28.7 Å². The summed E-state index contributed by atoms with van der Waals surface area (Å²) in [4.78, 5) is 27.7. The first-order valence-corrected chi connectivity index (χ1v) is 7.99. The highest BCUT2D eigenvalue weighted by molar-refractivity contribution is 9.10. The molecule has 0 saturated heterocycles. The molecule has 0 N–H and O–H groups in total. The summed E-state index contributed by atoms with van der Waals surface area (Å²) in [5, 5.41) is 0. The molecule has 0 heterocycles. The Hall–Kier alpha value is -1.40. The van der Waals surface area contributed by atoms with Crippen LogP contribution in [0.3, 0.4) is 0 Å². The molecule has 0 radical (unpaired) electrons. The predicted molar refractivity (Wildman–Crippen MR) is 89.8 cm³/mol. The van der Waals surface area contributed by atoms with Crippen LogP contribution in [0.1, 0.15) is 23.2 Å². The number of nitrogens with zero attached hydrogens (tertiary/aromatic N) is 2. The van der Waals surface area contributed by atoms with Crippen molar-refractivity contribution >= 4 is 27.8 Å². The summed E-state index contributed by atoms with van der Waals surface area (Å²) >= 11 is 3.37. The molecular formula is C16H23BrN2O3. The van der Waals surface area contributed by atoms with Crippen LogP contribution in [0.2, 0.25) is 0 Å². The summed E-state index contributed by atoms with van der Waals surface area (Å²) in [6, 6.07) is 7.28. The maximum absolute atomic E-state index is 12.6. The average molecular weight is 371 g/mol. The van der Waals surface area contributed by atoms with Gasteiger partial charge in [-0.1, -0.05) is 22.0 Å². The van der Waals surface area contributed by atoms with Gasteiger partial charge in [-0.15, -0.1) is 0 Å². The molecule has 22 heavy (non-hydrogen) atoms. The van der Waals surface area contributed by atoms with Crippen LogP contribution in [0.25, 0.3) is 0 Å². The molecule has 5 nitrogen and oxygen atoms in total. The van der Waals surface area contributed by atoms with Crippen LogP contribution in [-0.4, -0.2) is 62.5 Å². The highest BCUT2D eigenvalue weighted by Crippen LogP contribution is 2.14. The minimum Gasteiger partial charge on any atom is -0.469 e. The van der Waals surface area contributed by atoms with E-state index in [2.05, 4.69) is 25.6 Å². The van der Waals surface area contributed by atoms with Crippen LogP contribution in [0, 0.1) is 0 Å². The molecule has 0 atom stereocenters. The van der Waals surface area contributed by atoms with Crippen molar-refractivity contribution in [1.29, 1.82) is 0 Å². The third-order valence-electron chi connectivity index (χ3n) is 3.21. The fourth-order valence-electron chi connectivity index (χ4n) is 2.03. The average Bonchev–Trinajstić information content (AvgIpc) is 2.49. The molecule has 122 valence electrons. The Balaban J connectivity index is 2.73. The molecular weight excluding hydrogens is 348 g/mol. The number of carbonyl (C=O) groups is 2. The van der Waals surface area contributed by atoms with Gasteiger partial charge in [0.1, 0.15) is 0 Å². The molecule has 0 aliphatic carbocycles. The predicted octanol–water partition coefficient (Wildman–Crippen LogP) is 2.41. The van der Waals surface area contributed by atoms with Crippen molar-refractivity contribution < 1.29 is 14.3 Å². The summed E-state index contributed by atoms with van der Waals surface area (Å²) < 4.78 is 5.52. The number of benzene rings is 1. The van der Waals surface area contributed by atoms with Gasteiger partial charge in [-0.3, -0.25) is 9.59 Å².